The molecule has 2 nitrogen and oxygen atoms in total. The van der Waals surface area contributed by atoms with Gasteiger partial charge in [0, 0.05) is 25.3 Å². The van der Waals surface area contributed by atoms with Crippen molar-refractivity contribution >= 4 is 0 Å². The molecule has 0 aliphatic carbocycles. The predicted octanol–water partition coefficient (Wildman–Crippen LogP) is 0.227. The zero-order valence-electron chi connectivity index (χ0n) is 5.54. The van der Waals surface area contributed by atoms with Gasteiger partial charge in [0.2, 0.25) is 0 Å². The molecule has 0 aromatic carbocycles. The molecule has 0 atom stereocenters. The van der Waals surface area contributed by atoms with Gasteiger partial charge in [-0.15, -0.1) is 0 Å². The molecule has 2 heteroatoms. The smallest absolute Gasteiger partial charge is 0.0356 e. The molecule has 0 radical (unpaired) electrons. The van der Waals surface area contributed by atoms with Crippen LogP contribution >= 0.6 is 0 Å². The van der Waals surface area contributed by atoms with Crippen LogP contribution in [0.15, 0.2) is 11.3 Å². The Morgan fingerprint density at radius 3 is 3.11 bits per heavy atom. The first-order valence-electron chi connectivity index (χ1n) is 3.62. The summed E-state index contributed by atoms with van der Waals surface area (Å²) in [4.78, 5) is 0. The summed E-state index contributed by atoms with van der Waals surface area (Å²) in [6.45, 7) is 3.39. The highest BCUT2D eigenvalue weighted by atomic mass is 15.0. The van der Waals surface area contributed by atoms with Crippen molar-refractivity contribution in [3.05, 3.63) is 11.3 Å². The second-order valence-electron chi connectivity index (χ2n) is 2.72. The Labute approximate surface area is 55.3 Å². The Morgan fingerprint density at radius 1 is 1.22 bits per heavy atom. The molecule has 0 unspecified atom stereocenters. The molecule has 9 heavy (non-hydrogen) atoms. The molecule has 0 amide bonds. The van der Waals surface area contributed by atoms with Crippen molar-refractivity contribution in [3.8, 4) is 0 Å². The minimum atomic E-state index is 1.08. The van der Waals surface area contributed by atoms with Gasteiger partial charge in [0.05, 0.1) is 0 Å². The van der Waals surface area contributed by atoms with E-state index in [4.69, 9.17) is 0 Å². The highest BCUT2D eigenvalue weighted by molar-refractivity contribution is 5.22. The Bertz CT molecular complexity index is 133. The van der Waals surface area contributed by atoms with Crippen molar-refractivity contribution < 1.29 is 0 Å². The average molecular weight is 124 g/mol. The number of hydrogen-bond donors (Lipinski definition) is 2. The van der Waals surface area contributed by atoms with E-state index in [1.807, 2.05) is 0 Å². The molecule has 2 aliphatic rings. The van der Waals surface area contributed by atoms with Gasteiger partial charge in [0.15, 0.2) is 0 Å². The fraction of sp³-hybridized carbons (Fsp3) is 0.714. The van der Waals surface area contributed by atoms with Crippen molar-refractivity contribution in [1.82, 2.24) is 10.6 Å². The predicted molar refractivity (Wildman–Crippen MR) is 37.1 cm³/mol. The van der Waals surface area contributed by atoms with Crippen molar-refractivity contribution in [2.75, 3.05) is 19.6 Å². The third-order valence-electron chi connectivity index (χ3n) is 2.06. The molecule has 0 saturated heterocycles. The zero-order valence-corrected chi connectivity index (χ0v) is 5.54. The number of rotatable bonds is 0. The summed E-state index contributed by atoms with van der Waals surface area (Å²) >= 11 is 0. The van der Waals surface area contributed by atoms with E-state index in [9.17, 15) is 0 Å². The number of nitrogens with one attached hydrogen (secondary N) is 2. The van der Waals surface area contributed by atoms with Gasteiger partial charge in [-0.25, -0.2) is 0 Å². The van der Waals surface area contributed by atoms with Crippen LogP contribution in [0.2, 0.25) is 0 Å². The molecule has 0 saturated carbocycles. The van der Waals surface area contributed by atoms with Crippen LogP contribution in [0.25, 0.3) is 0 Å². The normalized spacial score (nSPS) is 25.8. The Balaban J connectivity index is 2.17. The fourth-order valence-electron chi connectivity index (χ4n) is 1.54. The van der Waals surface area contributed by atoms with E-state index >= 15 is 0 Å². The van der Waals surface area contributed by atoms with Crippen molar-refractivity contribution in [2.45, 2.75) is 12.8 Å². The first-order chi connectivity index (χ1) is 4.47. The van der Waals surface area contributed by atoms with E-state index in [0.29, 0.717) is 0 Å². The zero-order chi connectivity index (χ0) is 6.10. The van der Waals surface area contributed by atoms with E-state index in [2.05, 4.69) is 10.6 Å². The van der Waals surface area contributed by atoms with Crippen LogP contribution in [0.4, 0.5) is 0 Å². The van der Waals surface area contributed by atoms with Gasteiger partial charge in [-0.3, -0.25) is 0 Å². The van der Waals surface area contributed by atoms with E-state index in [-0.39, 0.29) is 0 Å². The third-order valence-corrected chi connectivity index (χ3v) is 2.06. The Kier molecular flexibility index (Phi) is 1.19. The average Bonchev–Trinajstić information content (AvgIpc) is 2.33. The minimum absolute atomic E-state index is 1.08. The van der Waals surface area contributed by atoms with Gasteiger partial charge < -0.3 is 10.6 Å². The highest BCUT2D eigenvalue weighted by Crippen LogP contribution is 2.16. The van der Waals surface area contributed by atoms with Gasteiger partial charge in [-0.2, -0.15) is 0 Å². The van der Waals surface area contributed by atoms with Crippen LogP contribution in [-0.2, 0) is 0 Å². The van der Waals surface area contributed by atoms with Crippen LogP contribution in [0.5, 0.6) is 0 Å². The molecular formula is C7H12N2. The van der Waals surface area contributed by atoms with Crippen molar-refractivity contribution in [3.63, 3.8) is 0 Å². The lowest BCUT2D eigenvalue weighted by molar-refractivity contribution is 0.670. The summed E-state index contributed by atoms with van der Waals surface area (Å²) in [5.74, 6) is 0. The van der Waals surface area contributed by atoms with E-state index in [0.717, 1.165) is 13.1 Å². The van der Waals surface area contributed by atoms with Crippen LogP contribution in [0, 0.1) is 0 Å². The highest BCUT2D eigenvalue weighted by Gasteiger charge is 2.15. The maximum Gasteiger partial charge on any atom is 0.0356 e. The van der Waals surface area contributed by atoms with Crippen LogP contribution in [-0.4, -0.2) is 19.6 Å². The third kappa shape index (κ3) is 0.833. The monoisotopic (exact) mass is 124 g/mol. The van der Waals surface area contributed by atoms with E-state index < -0.39 is 0 Å². The van der Waals surface area contributed by atoms with Crippen molar-refractivity contribution in [1.29, 1.82) is 0 Å². The summed E-state index contributed by atoms with van der Waals surface area (Å²) in [5.41, 5.74) is 3.09. The summed E-state index contributed by atoms with van der Waals surface area (Å²) in [7, 11) is 0. The Hall–Kier alpha value is -0.500. The second kappa shape index (κ2) is 2.03. The lowest BCUT2D eigenvalue weighted by Crippen LogP contribution is -2.21. The van der Waals surface area contributed by atoms with Crippen LogP contribution < -0.4 is 10.6 Å². The van der Waals surface area contributed by atoms with Gasteiger partial charge >= 0.3 is 0 Å². The molecule has 2 N–H and O–H groups in total. The molecule has 2 aliphatic heterocycles. The summed E-state index contributed by atoms with van der Waals surface area (Å²) < 4.78 is 0. The van der Waals surface area contributed by atoms with E-state index in [1.165, 1.54) is 25.1 Å². The summed E-state index contributed by atoms with van der Waals surface area (Å²) in [6.07, 6.45) is 2.63. The lowest BCUT2D eigenvalue weighted by atomic mass is 10.1. The second-order valence-corrected chi connectivity index (χ2v) is 2.72. The minimum Gasteiger partial charge on any atom is -0.387 e. The SMILES string of the molecule is C1CNC2=C(C1)CNC2. The molecule has 0 bridgehead atoms. The fourth-order valence-corrected chi connectivity index (χ4v) is 1.54. The molecule has 50 valence electrons. The quantitative estimate of drug-likeness (QED) is 0.483. The van der Waals surface area contributed by atoms with Gasteiger partial charge in [0.1, 0.15) is 0 Å². The number of hydrogen-bond acceptors (Lipinski definition) is 2. The maximum absolute atomic E-state index is 3.40. The first-order valence-corrected chi connectivity index (χ1v) is 3.62. The van der Waals surface area contributed by atoms with Crippen LogP contribution in [0.1, 0.15) is 12.8 Å². The summed E-state index contributed by atoms with van der Waals surface area (Å²) in [6, 6.07) is 0. The Morgan fingerprint density at radius 2 is 2.22 bits per heavy atom. The van der Waals surface area contributed by atoms with Gasteiger partial charge in [-0.05, 0) is 18.4 Å². The molecular weight excluding hydrogens is 112 g/mol. The largest absolute Gasteiger partial charge is 0.387 e. The molecule has 2 rings (SSSR count). The molecule has 0 fully saturated rings. The first kappa shape index (κ1) is 5.30. The van der Waals surface area contributed by atoms with Crippen LogP contribution in [0.3, 0.4) is 0 Å². The van der Waals surface area contributed by atoms with E-state index in [1.54, 1.807) is 5.57 Å². The maximum atomic E-state index is 3.40. The molecule has 2 heterocycles. The standard InChI is InChI=1S/C7H12N2/c1-2-6-4-8-5-7(6)9-3-1/h8-9H,1-5H2. The molecule has 0 spiro atoms. The van der Waals surface area contributed by atoms with Crippen molar-refractivity contribution in [2.24, 2.45) is 0 Å². The molecule has 0 aromatic rings. The van der Waals surface area contributed by atoms with Gasteiger partial charge in [-0.1, -0.05) is 0 Å². The lowest BCUT2D eigenvalue weighted by Gasteiger charge is -2.14. The van der Waals surface area contributed by atoms with Gasteiger partial charge in [0.25, 0.3) is 0 Å². The topological polar surface area (TPSA) is 24.1 Å². The molecule has 0 aromatic heterocycles. The summed E-state index contributed by atoms with van der Waals surface area (Å²) in [5, 5.41) is 6.73.